The van der Waals surface area contributed by atoms with Crippen LogP contribution in [0.2, 0.25) is 0 Å². The minimum absolute atomic E-state index is 0.0666. The smallest absolute Gasteiger partial charge is 0.127 e. The van der Waals surface area contributed by atoms with E-state index in [4.69, 9.17) is 4.74 Å². The van der Waals surface area contributed by atoms with E-state index in [9.17, 15) is 5.11 Å². The molecule has 0 aliphatic rings. The van der Waals surface area contributed by atoms with Crippen LogP contribution < -0.4 is 4.74 Å². The maximum Gasteiger partial charge on any atom is 0.127 e. The molecule has 0 aliphatic carbocycles. The van der Waals surface area contributed by atoms with Gasteiger partial charge in [-0.3, -0.25) is 0 Å². The third-order valence-electron chi connectivity index (χ3n) is 2.23. The van der Waals surface area contributed by atoms with Crippen molar-refractivity contribution in [3.63, 3.8) is 0 Å². The Hall–Kier alpha value is -1.46. The predicted octanol–water partition coefficient (Wildman–Crippen LogP) is 2.41. The summed E-state index contributed by atoms with van der Waals surface area (Å²) in [5.74, 6) is 0.683. The van der Waals surface area contributed by atoms with Crippen molar-refractivity contribution in [1.82, 2.24) is 9.59 Å². The molecule has 0 aliphatic heterocycles. The zero-order valence-electron chi connectivity index (χ0n) is 9.70. The third-order valence-corrected chi connectivity index (χ3v) is 2.76. The molecule has 0 saturated heterocycles. The number of aliphatic hydroxyl groups is 1. The molecule has 4 nitrogen and oxygen atoms in total. The zero-order valence-corrected chi connectivity index (χ0v) is 10.5. The Kier molecular flexibility index (Phi) is 3.71. The molecular weight excluding hydrogens is 236 g/mol. The van der Waals surface area contributed by atoms with Crippen LogP contribution in [-0.4, -0.2) is 20.8 Å². The van der Waals surface area contributed by atoms with Gasteiger partial charge in [0.15, 0.2) is 0 Å². The van der Waals surface area contributed by atoms with Crippen LogP contribution in [0.3, 0.4) is 0 Å². The van der Waals surface area contributed by atoms with Crippen molar-refractivity contribution in [2.24, 2.45) is 0 Å². The average Bonchev–Trinajstić information content (AvgIpc) is 2.81. The van der Waals surface area contributed by atoms with E-state index in [1.165, 1.54) is 11.5 Å². The van der Waals surface area contributed by atoms with Gasteiger partial charge in [-0.1, -0.05) is 22.7 Å². The van der Waals surface area contributed by atoms with E-state index in [1.807, 2.05) is 38.1 Å². The molecule has 0 fully saturated rings. The van der Waals surface area contributed by atoms with Crippen molar-refractivity contribution in [3.05, 3.63) is 40.9 Å². The van der Waals surface area contributed by atoms with Gasteiger partial charge in [-0.05, 0) is 31.4 Å². The molecule has 17 heavy (non-hydrogen) atoms. The summed E-state index contributed by atoms with van der Waals surface area (Å²) in [7, 11) is 0. The summed E-state index contributed by atoms with van der Waals surface area (Å²) < 4.78 is 9.41. The molecule has 0 spiro atoms. The maximum atomic E-state index is 10.2. The first kappa shape index (κ1) is 12.0. The molecule has 0 radical (unpaired) electrons. The number of hydrogen-bond acceptors (Lipinski definition) is 5. The summed E-state index contributed by atoms with van der Waals surface area (Å²) in [5, 5.41) is 15.8. The summed E-state index contributed by atoms with van der Waals surface area (Å²) in [6.07, 6.45) is -0.722. The van der Waals surface area contributed by atoms with E-state index in [1.54, 1.807) is 5.38 Å². The van der Waals surface area contributed by atoms with E-state index in [2.05, 4.69) is 9.59 Å². The SMILES string of the molecule is CC(C)Oc1ccccc1C(O)c1csnn1. The summed E-state index contributed by atoms with van der Waals surface area (Å²) in [4.78, 5) is 0. The van der Waals surface area contributed by atoms with Gasteiger partial charge in [0.05, 0.1) is 6.10 Å². The van der Waals surface area contributed by atoms with Crippen molar-refractivity contribution < 1.29 is 9.84 Å². The molecule has 0 bridgehead atoms. The van der Waals surface area contributed by atoms with Crippen LogP contribution in [0, 0.1) is 0 Å². The van der Waals surface area contributed by atoms with Gasteiger partial charge in [0.2, 0.25) is 0 Å². The Morgan fingerprint density at radius 3 is 2.71 bits per heavy atom. The number of rotatable bonds is 4. The molecule has 0 amide bonds. The first-order valence-corrected chi connectivity index (χ1v) is 6.22. The number of nitrogens with zero attached hydrogens (tertiary/aromatic N) is 2. The normalized spacial score (nSPS) is 12.7. The second-order valence-corrected chi connectivity index (χ2v) is 4.55. The zero-order chi connectivity index (χ0) is 12.3. The molecule has 1 N–H and O–H groups in total. The molecular formula is C12H14N2O2S. The minimum Gasteiger partial charge on any atom is -0.491 e. The number of para-hydroxylation sites is 1. The highest BCUT2D eigenvalue weighted by Gasteiger charge is 2.18. The number of benzene rings is 1. The van der Waals surface area contributed by atoms with E-state index < -0.39 is 6.10 Å². The third kappa shape index (κ3) is 2.81. The lowest BCUT2D eigenvalue weighted by atomic mass is 10.1. The van der Waals surface area contributed by atoms with Crippen LogP contribution in [0.4, 0.5) is 0 Å². The van der Waals surface area contributed by atoms with Crippen LogP contribution in [0.1, 0.15) is 31.2 Å². The highest BCUT2D eigenvalue weighted by molar-refractivity contribution is 7.03. The number of hydrogen-bond donors (Lipinski definition) is 1. The average molecular weight is 250 g/mol. The van der Waals surface area contributed by atoms with Gasteiger partial charge in [-0.25, -0.2) is 0 Å². The van der Waals surface area contributed by atoms with Crippen LogP contribution in [0.25, 0.3) is 0 Å². The second kappa shape index (κ2) is 5.25. The Balaban J connectivity index is 2.31. The van der Waals surface area contributed by atoms with Gasteiger partial charge >= 0.3 is 0 Å². The van der Waals surface area contributed by atoms with Gasteiger partial charge in [0.1, 0.15) is 17.5 Å². The minimum atomic E-state index is -0.788. The topological polar surface area (TPSA) is 55.2 Å². The quantitative estimate of drug-likeness (QED) is 0.905. The molecule has 1 atom stereocenters. The molecule has 0 saturated carbocycles. The molecule has 5 heteroatoms. The number of ether oxygens (including phenoxy) is 1. The molecule has 1 heterocycles. The largest absolute Gasteiger partial charge is 0.491 e. The van der Waals surface area contributed by atoms with E-state index >= 15 is 0 Å². The lowest BCUT2D eigenvalue weighted by Gasteiger charge is -2.16. The van der Waals surface area contributed by atoms with Crippen LogP contribution in [0.15, 0.2) is 29.6 Å². The van der Waals surface area contributed by atoms with Crippen molar-refractivity contribution in [2.75, 3.05) is 0 Å². The van der Waals surface area contributed by atoms with Crippen molar-refractivity contribution in [2.45, 2.75) is 26.1 Å². The Morgan fingerprint density at radius 1 is 1.29 bits per heavy atom. The fourth-order valence-corrected chi connectivity index (χ4v) is 1.99. The molecule has 1 unspecified atom stereocenters. The molecule has 2 aromatic rings. The first-order chi connectivity index (χ1) is 8.18. The van der Waals surface area contributed by atoms with Crippen LogP contribution in [0.5, 0.6) is 5.75 Å². The monoisotopic (exact) mass is 250 g/mol. The van der Waals surface area contributed by atoms with Gasteiger partial charge < -0.3 is 9.84 Å². The fraction of sp³-hybridized carbons (Fsp3) is 0.333. The van der Waals surface area contributed by atoms with E-state index in [0.717, 1.165) is 0 Å². The Morgan fingerprint density at radius 2 is 2.06 bits per heavy atom. The maximum absolute atomic E-state index is 10.2. The highest BCUT2D eigenvalue weighted by atomic mass is 32.1. The summed E-state index contributed by atoms with van der Waals surface area (Å²) in [5.41, 5.74) is 1.27. The van der Waals surface area contributed by atoms with Crippen molar-refractivity contribution >= 4 is 11.5 Å². The van der Waals surface area contributed by atoms with Gasteiger partial charge in [-0.15, -0.1) is 5.10 Å². The van der Waals surface area contributed by atoms with E-state index in [-0.39, 0.29) is 6.10 Å². The molecule has 1 aromatic heterocycles. The molecule has 2 rings (SSSR count). The Labute approximate surface area is 104 Å². The Bertz CT molecular complexity index is 471. The molecule has 1 aromatic carbocycles. The number of aromatic nitrogens is 2. The lowest BCUT2D eigenvalue weighted by molar-refractivity contribution is 0.194. The van der Waals surface area contributed by atoms with Gasteiger partial charge in [0.25, 0.3) is 0 Å². The predicted molar refractivity (Wildman–Crippen MR) is 66.2 cm³/mol. The van der Waals surface area contributed by atoms with Gasteiger partial charge in [-0.2, -0.15) is 0 Å². The summed E-state index contributed by atoms with van der Waals surface area (Å²) in [6, 6.07) is 7.43. The standard InChI is InChI=1S/C12H14N2O2S/c1-8(2)16-11-6-4-3-5-9(11)12(15)10-7-17-14-13-10/h3-8,12,15H,1-2H3. The molecule has 90 valence electrons. The van der Waals surface area contributed by atoms with Crippen LogP contribution >= 0.6 is 11.5 Å². The summed E-state index contributed by atoms with van der Waals surface area (Å²) in [6.45, 7) is 3.90. The second-order valence-electron chi connectivity index (χ2n) is 3.94. The lowest BCUT2D eigenvalue weighted by Crippen LogP contribution is -2.10. The fourth-order valence-electron chi connectivity index (χ4n) is 1.52. The highest BCUT2D eigenvalue weighted by Crippen LogP contribution is 2.29. The summed E-state index contributed by atoms with van der Waals surface area (Å²) >= 11 is 1.22. The van der Waals surface area contributed by atoms with E-state index in [0.29, 0.717) is 17.0 Å². The van der Waals surface area contributed by atoms with Crippen molar-refractivity contribution in [1.29, 1.82) is 0 Å². The first-order valence-electron chi connectivity index (χ1n) is 5.39. The number of aliphatic hydroxyl groups excluding tert-OH is 1. The van der Waals surface area contributed by atoms with Gasteiger partial charge in [0, 0.05) is 10.9 Å². The van der Waals surface area contributed by atoms with Crippen molar-refractivity contribution in [3.8, 4) is 5.75 Å². The van der Waals surface area contributed by atoms with Crippen LogP contribution in [-0.2, 0) is 0 Å².